The summed E-state index contributed by atoms with van der Waals surface area (Å²) < 4.78 is 0. The molecule has 1 aliphatic rings. The molecule has 3 rings (SSSR count). The Morgan fingerprint density at radius 2 is 2.17 bits per heavy atom. The third-order valence-electron chi connectivity index (χ3n) is 3.87. The number of anilines is 2. The zero-order valence-corrected chi connectivity index (χ0v) is 13.4. The average molecular weight is 330 g/mol. The molecule has 0 spiro atoms. The highest BCUT2D eigenvalue weighted by Gasteiger charge is 2.35. The maximum Gasteiger partial charge on any atom is 0.230 e. The lowest BCUT2D eigenvalue weighted by Crippen LogP contribution is -2.28. The zero-order chi connectivity index (χ0) is 16.4. The van der Waals surface area contributed by atoms with E-state index in [9.17, 15) is 9.59 Å². The standard InChI is InChI=1S/C17H16ClN3O2/c1-11-4-3-7-19-16(11)20-17(23)12-8-15(22)21(10-12)14-6-2-5-13(18)9-14/h2-7,9,12H,8,10H2,1H3,(H,19,20,23)/t12-/m0/s1. The molecule has 1 aliphatic heterocycles. The Balaban J connectivity index is 1.72. The molecule has 1 aromatic heterocycles. The van der Waals surface area contributed by atoms with Crippen LogP contribution in [0.15, 0.2) is 42.6 Å². The molecule has 5 nitrogen and oxygen atoms in total. The molecule has 0 saturated carbocycles. The van der Waals surface area contributed by atoms with Gasteiger partial charge in [-0.25, -0.2) is 4.98 Å². The number of carbonyl (C=O) groups is 2. The third kappa shape index (κ3) is 3.35. The number of halogens is 1. The van der Waals surface area contributed by atoms with Crippen LogP contribution in [0.4, 0.5) is 11.5 Å². The lowest BCUT2D eigenvalue weighted by Gasteiger charge is -2.17. The summed E-state index contributed by atoms with van der Waals surface area (Å²) in [5.74, 6) is -0.135. The van der Waals surface area contributed by atoms with Crippen LogP contribution in [0.1, 0.15) is 12.0 Å². The molecule has 1 fully saturated rings. The number of aromatic nitrogens is 1. The number of nitrogens with zero attached hydrogens (tertiary/aromatic N) is 2. The van der Waals surface area contributed by atoms with E-state index in [4.69, 9.17) is 11.6 Å². The number of hydrogen-bond donors (Lipinski definition) is 1. The fraction of sp³-hybridized carbons (Fsp3) is 0.235. The first-order valence-electron chi connectivity index (χ1n) is 7.33. The van der Waals surface area contributed by atoms with Gasteiger partial charge in [-0.15, -0.1) is 0 Å². The fourth-order valence-corrected chi connectivity index (χ4v) is 2.80. The Morgan fingerprint density at radius 3 is 2.91 bits per heavy atom. The molecule has 0 unspecified atom stereocenters. The SMILES string of the molecule is Cc1cccnc1NC(=O)[C@H]1CC(=O)N(c2cccc(Cl)c2)C1. The van der Waals surface area contributed by atoms with Crippen LogP contribution < -0.4 is 10.2 Å². The number of carbonyl (C=O) groups excluding carboxylic acids is 2. The third-order valence-corrected chi connectivity index (χ3v) is 4.10. The summed E-state index contributed by atoms with van der Waals surface area (Å²) in [7, 11) is 0. The quantitative estimate of drug-likeness (QED) is 0.941. The van der Waals surface area contributed by atoms with Crippen molar-refractivity contribution in [3.8, 4) is 0 Å². The second kappa shape index (κ2) is 6.38. The van der Waals surface area contributed by atoms with E-state index in [0.717, 1.165) is 5.56 Å². The van der Waals surface area contributed by atoms with Gasteiger partial charge in [-0.05, 0) is 36.8 Å². The summed E-state index contributed by atoms with van der Waals surface area (Å²) in [4.78, 5) is 30.4. The molecule has 1 atom stereocenters. The number of aryl methyl sites for hydroxylation is 1. The molecular weight excluding hydrogens is 314 g/mol. The Labute approximate surface area is 139 Å². The van der Waals surface area contributed by atoms with Crippen molar-refractivity contribution in [2.24, 2.45) is 5.92 Å². The van der Waals surface area contributed by atoms with Gasteiger partial charge in [0.25, 0.3) is 0 Å². The van der Waals surface area contributed by atoms with Gasteiger partial charge >= 0.3 is 0 Å². The number of hydrogen-bond acceptors (Lipinski definition) is 3. The minimum Gasteiger partial charge on any atom is -0.312 e. The van der Waals surface area contributed by atoms with Crippen molar-refractivity contribution in [1.29, 1.82) is 0 Å². The maximum absolute atomic E-state index is 12.4. The summed E-state index contributed by atoms with van der Waals surface area (Å²) in [5.41, 5.74) is 1.60. The van der Waals surface area contributed by atoms with E-state index in [-0.39, 0.29) is 18.2 Å². The van der Waals surface area contributed by atoms with Gasteiger partial charge in [0.15, 0.2) is 0 Å². The number of benzene rings is 1. The highest BCUT2D eigenvalue weighted by Crippen LogP contribution is 2.27. The van der Waals surface area contributed by atoms with Crippen molar-refractivity contribution in [1.82, 2.24) is 4.98 Å². The first kappa shape index (κ1) is 15.5. The molecule has 0 aliphatic carbocycles. The molecule has 1 aromatic carbocycles. The summed E-state index contributed by atoms with van der Waals surface area (Å²) in [6.45, 7) is 2.22. The Kier molecular flexibility index (Phi) is 4.30. The summed E-state index contributed by atoms with van der Waals surface area (Å²) in [6.07, 6.45) is 1.81. The molecule has 1 saturated heterocycles. The van der Waals surface area contributed by atoms with Gasteiger partial charge in [-0.2, -0.15) is 0 Å². The van der Waals surface area contributed by atoms with Gasteiger partial charge < -0.3 is 10.2 Å². The summed E-state index contributed by atoms with van der Waals surface area (Å²) in [5, 5.41) is 3.36. The van der Waals surface area contributed by atoms with Crippen LogP contribution in [-0.2, 0) is 9.59 Å². The zero-order valence-electron chi connectivity index (χ0n) is 12.6. The highest BCUT2D eigenvalue weighted by molar-refractivity contribution is 6.31. The van der Waals surface area contributed by atoms with Gasteiger partial charge in [0, 0.05) is 29.9 Å². The molecule has 2 amide bonds. The summed E-state index contributed by atoms with van der Waals surface area (Å²) >= 11 is 5.97. The maximum atomic E-state index is 12.4. The molecule has 1 N–H and O–H groups in total. The number of amides is 2. The van der Waals surface area contributed by atoms with Gasteiger partial charge in [-0.1, -0.05) is 23.7 Å². The lowest BCUT2D eigenvalue weighted by molar-refractivity contribution is -0.122. The van der Waals surface area contributed by atoms with Crippen LogP contribution in [-0.4, -0.2) is 23.3 Å². The number of rotatable bonds is 3. The van der Waals surface area contributed by atoms with Crippen molar-refractivity contribution in [2.45, 2.75) is 13.3 Å². The Morgan fingerprint density at radius 1 is 1.35 bits per heavy atom. The lowest BCUT2D eigenvalue weighted by atomic mass is 10.1. The first-order chi connectivity index (χ1) is 11.0. The highest BCUT2D eigenvalue weighted by atomic mass is 35.5. The van der Waals surface area contributed by atoms with Crippen LogP contribution in [0.2, 0.25) is 5.02 Å². The molecule has 6 heteroatoms. The van der Waals surface area contributed by atoms with Crippen molar-refractivity contribution >= 4 is 34.9 Å². The summed E-state index contributed by atoms with van der Waals surface area (Å²) in [6, 6.07) is 10.8. The predicted molar refractivity (Wildman–Crippen MR) is 89.5 cm³/mol. The van der Waals surface area contributed by atoms with Crippen LogP contribution >= 0.6 is 11.6 Å². The smallest absolute Gasteiger partial charge is 0.230 e. The van der Waals surface area contributed by atoms with E-state index in [1.807, 2.05) is 25.1 Å². The van der Waals surface area contributed by atoms with E-state index < -0.39 is 5.92 Å². The normalized spacial score (nSPS) is 17.4. The minimum absolute atomic E-state index is 0.0786. The van der Waals surface area contributed by atoms with Crippen LogP contribution in [0.5, 0.6) is 0 Å². The second-order valence-electron chi connectivity index (χ2n) is 5.54. The topological polar surface area (TPSA) is 62.3 Å². The molecule has 0 bridgehead atoms. The Hall–Kier alpha value is -2.40. The van der Waals surface area contributed by atoms with E-state index in [2.05, 4.69) is 10.3 Å². The van der Waals surface area contributed by atoms with E-state index in [0.29, 0.717) is 23.1 Å². The number of nitrogens with one attached hydrogen (secondary N) is 1. The fourth-order valence-electron chi connectivity index (χ4n) is 2.61. The van der Waals surface area contributed by atoms with Gasteiger partial charge in [0.05, 0.1) is 5.92 Å². The monoisotopic (exact) mass is 329 g/mol. The van der Waals surface area contributed by atoms with Crippen LogP contribution in [0, 0.1) is 12.8 Å². The van der Waals surface area contributed by atoms with Crippen molar-refractivity contribution in [3.05, 3.63) is 53.2 Å². The van der Waals surface area contributed by atoms with Crippen molar-refractivity contribution in [3.63, 3.8) is 0 Å². The van der Waals surface area contributed by atoms with Crippen LogP contribution in [0.25, 0.3) is 0 Å². The Bertz CT molecular complexity index is 763. The van der Waals surface area contributed by atoms with E-state index >= 15 is 0 Å². The van der Waals surface area contributed by atoms with Gasteiger partial charge in [0.2, 0.25) is 11.8 Å². The molecule has 0 radical (unpaired) electrons. The minimum atomic E-state index is -0.400. The van der Waals surface area contributed by atoms with Gasteiger partial charge in [0.1, 0.15) is 5.82 Å². The molecule has 23 heavy (non-hydrogen) atoms. The predicted octanol–water partition coefficient (Wildman–Crippen LogP) is 3.04. The van der Waals surface area contributed by atoms with Gasteiger partial charge in [-0.3, -0.25) is 9.59 Å². The largest absolute Gasteiger partial charge is 0.312 e. The first-order valence-corrected chi connectivity index (χ1v) is 7.71. The molecule has 118 valence electrons. The molecule has 2 aromatic rings. The van der Waals surface area contributed by atoms with Crippen molar-refractivity contribution in [2.75, 3.05) is 16.8 Å². The molecular formula is C17H16ClN3O2. The van der Waals surface area contributed by atoms with Crippen molar-refractivity contribution < 1.29 is 9.59 Å². The molecule has 2 heterocycles. The van der Waals surface area contributed by atoms with Crippen LogP contribution in [0.3, 0.4) is 0 Å². The number of pyridine rings is 1. The second-order valence-corrected chi connectivity index (χ2v) is 5.98. The average Bonchev–Trinajstić information content (AvgIpc) is 2.92. The van der Waals surface area contributed by atoms with E-state index in [1.165, 1.54) is 0 Å². The van der Waals surface area contributed by atoms with E-state index in [1.54, 1.807) is 29.3 Å².